The third kappa shape index (κ3) is 3.20. The standard InChI is InChI=1S/C13H15N3O4S/c14-8-9-15(11-4-1-2-5-11)21(19,20)13-7-3-6-12(10-13)16(17)18/h3,6-7,10-11H,1-2,4-5,9H2. The first kappa shape index (κ1) is 15.4. The van der Waals surface area contributed by atoms with Gasteiger partial charge in [0.2, 0.25) is 10.0 Å². The summed E-state index contributed by atoms with van der Waals surface area (Å²) in [6, 6.07) is 6.61. The predicted octanol–water partition coefficient (Wildman–Crippen LogP) is 2.05. The molecular weight excluding hydrogens is 294 g/mol. The number of nitrogens with zero attached hydrogens (tertiary/aromatic N) is 3. The number of benzene rings is 1. The highest BCUT2D eigenvalue weighted by atomic mass is 32.2. The van der Waals surface area contributed by atoms with E-state index < -0.39 is 14.9 Å². The molecule has 1 aromatic rings. The Labute approximate surface area is 123 Å². The summed E-state index contributed by atoms with van der Waals surface area (Å²) in [5.74, 6) is 0. The second kappa shape index (κ2) is 6.20. The van der Waals surface area contributed by atoms with Crippen molar-refractivity contribution in [1.82, 2.24) is 4.31 Å². The number of rotatable bonds is 5. The van der Waals surface area contributed by atoms with E-state index >= 15 is 0 Å². The smallest absolute Gasteiger partial charge is 0.258 e. The van der Waals surface area contributed by atoms with Crippen LogP contribution in [0.3, 0.4) is 0 Å². The van der Waals surface area contributed by atoms with Gasteiger partial charge in [-0.05, 0) is 18.9 Å². The molecule has 112 valence electrons. The number of sulfonamides is 1. The van der Waals surface area contributed by atoms with E-state index in [0.717, 1.165) is 31.7 Å². The van der Waals surface area contributed by atoms with Crippen LogP contribution in [0.25, 0.3) is 0 Å². The third-order valence-electron chi connectivity index (χ3n) is 3.59. The van der Waals surface area contributed by atoms with Gasteiger partial charge in [0.25, 0.3) is 5.69 Å². The molecule has 0 aliphatic heterocycles. The Bertz CT molecular complexity index is 675. The lowest BCUT2D eigenvalue weighted by molar-refractivity contribution is -0.385. The molecule has 0 saturated heterocycles. The van der Waals surface area contributed by atoms with E-state index in [0.29, 0.717) is 0 Å². The SMILES string of the molecule is N#CCN(C1CCCC1)S(=O)(=O)c1cccc([N+](=O)[O-])c1. The van der Waals surface area contributed by atoms with Crippen LogP contribution in [-0.2, 0) is 10.0 Å². The van der Waals surface area contributed by atoms with Gasteiger partial charge in [-0.1, -0.05) is 18.9 Å². The molecule has 21 heavy (non-hydrogen) atoms. The van der Waals surface area contributed by atoms with Crippen molar-refractivity contribution in [3.05, 3.63) is 34.4 Å². The van der Waals surface area contributed by atoms with Gasteiger partial charge in [-0.3, -0.25) is 10.1 Å². The minimum Gasteiger partial charge on any atom is -0.258 e. The van der Waals surface area contributed by atoms with Gasteiger partial charge < -0.3 is 0 Å². The first-order valence-electron chi connectivity index (χ1n) is 6.60. The highest BCUT2D eigenvalue weighted by Gasteiger charge is 2.33. The fraction of sp³-hybridized carbons (Fsp3) is 0.462. The highest BCUT2D eigenvalue weighted by Crippen LogP contribution is 2.29. The molecule has 7 nitrogen and oxygen atoms in total. The summed E-state index contributed by atoms with van der Waals surface area (Å²) in [5.41, 5.74) is -0.278. The Balaban J connectivity index is 2.40. The van der Waals surface area contributed by atoms with Gasteiger partial charge in [-0.25, -0.2) is 8.42 Å². The van der Waals surface area contributed by atoms with Crippen molar-refractivity contribution in [1.29, 1.82) is 5.26 Å². The summed E-state index contributed by atoms with van der Waals surface area (Å²) >= 11 is 0. The molecule has 1 aliphatic carbocycles. The lowest BCUT2D eigenvalue weighted by Crippen LogP contribution is -2.39. The summed E-state index contributed by atoms with van der Waals surface area (Å²) in [5, 5.41) is 19.7. The first-order valence-corrected chi connectivity index (χ1v) is 8.04. The number of hydrogen-bond donors (Lipinski definition) is 0. The van der Waals surface area contributed by atoms with Gasteiger partial charge in [-0.15, -0.1) is 0 Å². The molecule has 1 aromatic carbocycles. The molecule has 8 heteroatoms. The zero-order chi connectivity index (χ0) is 15.5. The summed E-state index contributed by atoms with van der Waals surface area (Å²) in [4.78, 5) is 10.0. The number of nitro groups is 1. The molecule has 0 heterocycles. The summed E-state index contributed by atoms with van der Waals surface area (Å²) in [6.45, 7) is -0.240. The molecule has 0 unspecified atom stereocenters. The topological polar surface area (TPSA) is 104 Å². The van der Waals surface area contributed by atoms with Gasteiger partial charge in [0.1, 0.15) is 6.54 Å². The van der Waals surface area contributed by atoms with E-state index in [9.17, 15) is 18.5 Å². The van der Waals surface area contributed by atoms with Crippen LogP contribution < -0.4 is 0 Å². The monoisotopic (exact) mass is 309 g/mol. The highest BCUT2D eigenvalue weighted by molar-refractivity contribution is 7.89. The molecule has 0 atom stereocenters. The molecule has 0 radical (unpaired) electrons. The maximum Gasteiger partial charge on any atom is 0.270 e. The maximum atomic E-state index is 12.6. The molecule has 2 rings (SSSR count). The van der Waals surface area contributed by atoms with Crippen LogP contribution in [0.2, 0.25) is 0 Å². The van der Waals surface area contributed by atoms with Crippen molar-refractivity contribution in [3.63, 3.8) is 0 Å². The predicted molar refractivity (Wildman–Crippen MR) is 74.9 cm³/mol. The molecule has 0 aromatic heterocycles. The Morgan fingerprint density at radius 1 is 1.38 bits per heavy atom. The van der Waals surface area contributed by atoms with Gasteiger partial charge in [0.15, 0.2) is 0 Å². The van der Waals surface area contributed by atoms with Gasteiger partial charge in [0, 0.05) is 18.2 Å². The van der Waals surface area contributed by atoms with Gasteiger partial charge in [-0.2, -0.15) is 9.57 Å². The van der Waals surface area contributed by atoms with E-state index in [1.165, 1.54) is 22.5 Å². The summed E-state index contributed by atoms with van der Waals surface area (Å²) in [6.07, 6.45) is 3.29. The van der Waals surface area contributed by atoms with Crippen molar-refractivity contribution < 1.29 is 13.3 Å². The fourth-order valence-corrected chi connectivity index (χ4v) is 4.19. The Morgan fingerprint density at radius 3 is 2.62 bits per heavy atom. The minimum atomic E-state index is -3.90. The molecule has 0 spiro atoms. The average molecular weight is 309 g/mol. The van der Waals surface area contributed by atoms with Crippen molar-refractivity contribution in [2.75, 3.05) is 6.54 Å². The lowest BCUT2D eigenvalue weighted by atomic mass is 10.2. The Kier molecular flexibility index (Phi) is 4.55. The zero-order valence-electron chi connectivity index (χ0n) is 11.3. The number of non-ortho nitro benzene ring substituents is 1. The fourth-order valence-electron chi connectivity index (χ4n) is 2.57. The van der Waals surface area contributed by atoms with Crippen molar-refractivity contribution in [3.8, 4) is 6.07 Å². The normalized spacial score (nSPS) is 16.0. The summed E-state index contributed by atoms with van der Waals surface area (Å²) < 4.78 is 26.4. The molecule has 0 amide bonds. The molecule has 1 aliphatic rings. The van der Waals surface area contributed by atoms with E-state index in [4.69, 9.17) is 5.26 Å². The van der Waals surface area contributed by atoms with Gasteiger partial charge >= 0.3 is 0 Å². The largest absolute Gasteiger partial charge is 0.270 e. The second-order valence-corrected chi connectivity index (χ2v) is 6.79. The lowest BCUT2D eigenvalue weighted by Gasteiger charge is -2.25. The minimum absolute atomic E-state index is 0.140. The molecular formula is C13H15N3O4S. The quantitative estimate of drug-likeness (QED) is 0.470. The van der Waals surface area contributed by atoms with E-state index in [1.807, 2.05) is 6.07 Å². The second-order valence-electron chi connectivity index (χ2n) is 4.90. The molecule has 1 saturated carbocycles. The maximum absolute atomic E-state index is 12.6. The van der Waals surface area contributed by atoms with E-state index in [1.54, 1.807) is 0 Å². The number of nitro benzene ring substituents is 1. The molecule has 0 N–H and O–H groups in total. The van der Waals surface area contributed by atoms with Crippen LogP contribution >= 0.6 is 0 Å². The molecule has 1 fully saturated rings. The third-order valence-corrected chi connectivity index (χ3v) is 5.49. The van der Waals surface area contributed by atoms with E-state index in [-0.39, 0.29) is 23.2 Å². The van der Waals surface area contributed by atoms with Crippen LogP contribution in [0.15, 0.2) is 29.2 Å². The van der Waals surface area contributed by atoms with Crippen LogP contribution in [0, 0.1) is 21.4 Å². The van der Waals surface area contributed by atoms with Crippen LogP contribution in [0.5, 0.6) is 0 Å². The summed E-state index contributed by atoms with van der Waals surface area (Å²) in [7, 11) is -3.90. The zero-order valence-corrected chi connectivity index (χ0v) is 12.1. The van der Waals surface area contributed by atoms with E-state index in [2.05, 4.69) is 0 Å². The average Bonchev–Trinajstić information content (AvgIpc) is 2.98. The van der Waals surface area contributed by atoms with Crippen molar-refractivity contribution in [2.24, 2.45) is 0 Å². The first-order chi connectivity index (χ1) is 9.96. The van der Waals surface area contributed by atoms with Crippen LogP contribution in [0.1, 0.15) is 25.7 Å². The van der Waals surface area contributed by atoms with Crippen molar-refractivity contribution >= 4 is 15.7 Å². The number of hydrogen-bond acceptors (Lipinski definition) is 5. The number of nitriles is 1. The van der Waals surface area contributed by atoms with Gasteiger partial charge in [0.05, 0.1) is 15.9 Å². The Hall–Kier alpha value is -1.98. The van der Waals surface area contributed by atoms with Crippen LogP contribution in [0.4, 0.5) is 5.69 Å². The molecule has 0 bridgehead atoms. The van der Waals surface area contributed by atoms with Crippen LogP contribution in [-0.4, -0.2) is 30.2 Å². The Morgan fingerprint density at radius 2 is 2.05 bits per heavy atom. The van der Waals surface area contributed by atoms with Crippen molar-refractivity contribution in [2.45, 2.75) is 36.6 Å².